The van der Waals surface area contributed by atoms with Crippen LogP contribution in [0.3, 0.4) is 0 Å². The molecule has 2 aromatic heterocycles. The predicted octanol–water partition coefficient (Wildman–Crippen LogP) is 2.54. The molecule has 5 aliphatic rings. The number of nitrogens with zero attached hydrogens (tertiary/aromatic N) is 6. The third kappa shape index (κ3) is 3.24. The van der Waals surface area contributed by atoms with E-state index in [1.54, 1.807) is 0 Å². The van der Waals surface area contributed by atoms with Crippen molar-refractivity contribution in [2.24, 2.45) is 10.8 Å². The summed E-state index contributed by atoms with van der Waals surface area (Å²) in [7, 11) is 0. The molecule has 12 heteroatoms. The average Bonchev–Trinajstić information content (AvgIpc) is 3.19. The second kappa shape index (κ2) is 6.73. The van der Waals surface area contributed by atoms with Gasteiger partial charge in [-0.2, -0.15) is 18.3 Å². The zero-order valence-electron chi connectivity index (χ0n) is 18.7. The minimum absolute atomic E-state index is 0.0278. The Morgan fingerprint density at radius 2 is 1.71 bits per heavy atom. The van der Waals surface area contributed by atoms with Gasteiger partial charge in [-0.3, -0.25) is 10.00 Å². The lowest BCUT2D eigenvalue weighted by atomic mass is 9.57. The number of urea groups is 1. The highest BCUT2D eigenvalue weighted by Gasteiger charge is 2.58. The number of aromatic nitrogens is 5. The molecule has 182 valence electrons. The smallest absolute Gasteiger partial charge is 0.341 e. The number of alkyl halides is 3. The van der Waals surface area contributed by atoms with Gasteiger partial charge in [-0.15, -0.1) is 0 Å². The van der Waals surface area contributed by atoms with Crippen LogP contribution in [0, 0.1) is 10.8 Å². The number of rotatable bonds is 4. The topological polar surface area (TPSA) is 97.0 Å². The van der Waals surface area contributed by atoms with Gasteiger partial charge >= 0.3 is 12.2 Å². The van der Waals surface area contributed by atoms with Crippen LogP contribution in [0.15, 0.2) is 6.33 Å². The van der Waals surface area contributed by atoms with Crippen LogP contribution in [-0.4, -0.2) is 85.1 Å². The molecule has 2 spiro atoms. The molecule has 0 atom stereocenters. The molecule has 0 aromatic carbocycles. The molecule has 0 bridgehead atoms. The summed E-state index contributed by atoms with van der Waals surface area (Å²) < 4.78 is 39.1. The number of carbonyl (C=O) groups is 1. The SMILES string of the molecule is O=C(N1CC2(CC(c3nc(C4CC4)n[nH]3)C2)C1)N1CC2(CN(Cc3nc[nH]c3C(F)(F)F)C2)C1. The highest BCUT2D eigenvalue weighted by Crippen LogP contribution is 2.56. The number of aromatic amines is 2. The van der Waals surface area contributed by atoms with Crippen molar-refractivity contribution in [3.63, 3.8) is 0 Å². The molecule has 3 aliphatic heterocycles. The first-order valence-corrected chi connectivity index (χ1v) is 12.0. The standard InChI is InChI=1S/C22H27F3N8O/c23-22(24,25)16-15(26-12-27-16)5-31-6-21(7-31)10-33(11-21)19(34)32-8-20(9-32)3-14(4-20)18-28-17(29-30-18)13-1-2-13/h12-14H,1-11H2,(H,26,27)(H,28,29,30). The lowest BCUT2D eigenvalue weighted by Gasteiger charge is -2.63. The van der Waals surface area contributed by atoms with Gasteiger partial charge in [0.2, 0.25) is 0 Å². The molecule has 2 amide bonds. The van der Waals surface area contributed by atoms with E-state index >= 15 is 0 Å². The summed E-state index contributed by atoms with van der Waals surface area (Å²) in [5, 5.41) is 7.48. The van der Waals surface area contributed by atoms with E-state index in [-0.39, 0.29) is 29.1 Å². The van der Waals surface area contributed by atoms with E-state index in [9.17, 15) is 18.0 Å². The number of hydrogen-bond acceptors (Lipinski definition) is 5. The maximum absolute atomic E-state index is 13.0. The summed E-state index contributed by atoms with van der Waals surface area (Å²) in [5.41, 5.74) is -0.466. The predicted molar refractivity (Wildman–Crippen MR) is 113 cm³/mol. The number of H-pyrrole nitrogens is 2. The van der Waals surface area contributed by atoms with Gasteiger partial charge in [-0.05, 0) is 25.7 Å². The van der Waals surface area contributed by atoms with E-state index in [1.807, 2.05) is 14.7 Å². The summed E-state index contributed by atoms with van der Waals surface area (Å²) in [6.07, 6.45) is 1.18. The number of amides is 2. The molecule has 7 rings (SSSR count). The monoisotopic (exact) mass is 476 g/mol. The van der Waals surface area contributed by atoms with E-state index in [2.05, 4.69) is 25.1 Å². The lowest BCUT2D eigenvalue weighted by Crippen LogP contribution is -2.75. The van der Waals surface area contributed by atoms with Crippen LogP contribution in [0.2, 0.25) is 0 Å². The summed E-state index contributed by atoms with van der Waals surface area (Å²) in [5.74, 6) is 2.96. The van der Waals surface area contributed by atoms with Crippen LogP contribution in [0.4, 0.5) is 18.0 Å². The molecule has 2 saturated carbocycles. The fourth-order valence-electron chi connectivity index (χ4n) is 6.54. The van der Waals surface area contributed by atoms with Crippen molar-refractivity contribution in [3.05, 3.63) is 29.4 Å². The third-order valence-corrected chi connectivity index (χ3v) is 8.35. The van der Waals surface area contributed by atoms with E-state index in [0.29, 0.717) is 38.0 Å². The Morgan fingerprint density at radius 3 is 2.35 bits per heavy atom. The normalized spacial score (nSPS) is 25.7. The lowest BCUT2D eigenvalue weighted by molar-refractivity contribution is -0.143. The van der Waals surface area contributed by atoms with Gasteiger partial charge in [-0.1, -0.05) is 0 Å². The van der Waals surface area contributed by atoms with Crippen molar-refractivity contribution in [1.29, 1.82) is 0 Å². The number of halogens is 3. The average molecular weight is 477 g/mol. The number of hydrogen-bond donors (Lipinski definition) is 2. The van der Waals surface area contributed by atoms with E-state index < -0.39 is 11.9 Å². The van der Waals surface area contributed by atoms with Crippen molar-refractivity contribution in [1.82, 2.24) is 39.8 Å². The van der Waals surface area contributed by atoms with Gasteiger partial charge in [0, 0.05) is 68.5 Å². The molecule has 5 heterocycles. The third-order valence-electron chi connectivity index (χ3n) is 8.35. The van der Waals surface area contributed by atoms with Crippen LogP contribution < -0.4 is 0 Å². The number of carbonyl (C=O) groups excluding carboxylic acids is 1. The van der Waals surface area contributed by atoms with Crippen LogP contribution in [0.5, 0.6) is 0 Å². The summed E-state index contributed by atoms with van der Waals surface area (Å²) in [6, 6.07) is 0.0977. The Kier molecular flexibility index (Phi) is 4.10. The van der Waals surface area contributed by atoms with Gasteiger partial charge < -0.3 is 14.8 Å². The van der Waals surface area contributed by atoms with Crippen molar-refractivity contribution >= 4 is 6.03 Å². The number of likely N-dealkylation sites (tertiary alicyclic amines) is 3. The molecule has 3 saturated heterocycles. The number of nitrogens with one attached hydrogen (secondary N) is 2. The van der Waals surface area contributed by atoms with Crippen molar-refractivity contribution in [2.75, 3.05) is 39.3 Å². The molecule has 2 N–H and O–H groups in total. The van der Waals surface area contributed by atoms with Crippen molar-refractivity contribution in [2.45, 2.75) is 50.2 Å². The maximum atomic E-state index is 13.0. The summed E-state index contributed by atoms with van der Waals surface area (Å²) in [4.78, 5) is 29.4. The highest BCUT2D eigenvalue weighted by molar-refractivity contribution is 5.77. The Labute approximate surface area is 194 Å². The quantitative estimate of drug-likeness (QED) is 0.707. The fourth-order valence-corrected chi connectivity index (χ4v) is 6.54. The molecule has 0 radical (unpaired) electrons. The second-order valence-electron chi connectivity index (χ2n) is 11.3. The van der Waals surface area contributed by atoms with Crippen molar-refractivity contribution < 1.29 is 18.0 Å². The molecular formula is C22H27F3N8O. The van der Waals surface area contributed by atoms with Crippen LogP contribution >= 0.6 is 0 Å². The van der Waals surface area contributed by atoms with E-state index in [0.717, 1.165) is 43.9 Å². The van der Waals surface area contributed by atoms with Gasteiger partial charge in [0.1, 0.15) is 11.5 Å². The summed E-state index contributed by atoms with van der Waals surface area (Å²) in [6.45, 7) is 4.56. The van der Waals surface area contributed by atoms with E-state index in [1.165, 1.54) is 12.8 Å². The Morgan fingerprint density at radius 1 is 1.03 bits per heavy atom. The zero-order chi connectivity index (χ0) is 23.3. The minimum Gasteiger partial charge on any atom is -0.341 e. The van der Waals surface area contributed by atoms with Crippen LogP contribution in [0.25, 0.3) is 0 Å². The molecule has 2 aliphatic carbocycles. The fraction of sp³-hybridized carbons (Fsp3) is 0.727. The van der Waals surface area contributed by atoms with Gasteiger partial charge in [0.25, 0.3) is 0 Å². The number of imidazole rings is 1. The second-order valence-corrected chi connectivity index (χ2v) is 11.3. The van der Waals surface area contributed by atoms with Crippen molar-refractivity contribution in [3.8, 4) is 0 Å². The summed E-state index contributed by atoms with van der Waals surface area (Å²) >= 11 is 0. The van der Waals surface area contributed by atoms with Crippen LogP contribution in [-0.2, 0) is 12.7 Å². The Bertz CT molecular complexity index is 1110. The van der Waals surface area contributed by atoms with Gasteiger partial charge in [0.15, 0.2) is 5.82 Å². The minimum atomic E-state index is -4.42. The van der Waals surface area contributed by atoms with Gasteiger partial charge in [-0.25, -0.2) is 14.8 Å². The molecule has 0 unspecified atom stereocenters. The Balaban J connectivity index is 0.856. The van der Waals surface area contributed by atoms with Gasteiger partial charge in [0.05, 0.1) is 12.0 Å². The first-order valence-electron chi connectivity index (χ1n) is 12.0. The maximum Gasteiger partial charge on any atom is 0.433 e. The van der Waals surface area contributed by atoms with Crippen LogP contribution in [0.1, 0.15) is 60.6 Å². The molecule has 34 heavy (non-hydrogen) atoms. The first-order chi connectivity index (χ1) is 16.2. The largest absolute Gasteiger partial charge is 0.433 e. The molecular weight excluding hydrogens is 449 g/mol. The Hall–Kier alpha value is -2.63. The zero-order valence-corrected chi connectivity index (χ0v) is 18.7. The molecule has 2 aromatic rings. The molecule has 9 nitrogen and oxygen atoms in total. The molecule has 5 fully saturated rings. The van der Waals surface area contributed by atoms with E-state index in [4.69, 9.17) is 0 Å². The first kappa shape index (κ1) is 20.7. The highest BCUT2D eigenvalue weighted by atomic mass is 19.4.